The monoisotopic (exact) mass is 603 g/mol. The van der Waals surface area contributed by atoms with Crippen LogP contribution in [0.2, 0.25) is 30.2 Å². The van der Waals surface area contributed by atoms with E-state index in [1.165, 1.54) is 36.9 Å². The molecule has 1 aliphatic carbocycles. The molecule has 218 valence electrons. The van der Waals surface area contributed by atoms with Crippen molar-refractivity contribution in [2.45, 2.75) is 94.9 Å². The Morgan fingerprint density at radius 1 is 1.15 bits per heavy atom. The third kappa shape index (κ3) is 5.85. The molecule has 2 fully saturated rings. The topological polar surface area (TPSA) is 83.7 Å². The van der Waals surface area contributed by atoms with Crippen molar-refractivity contribution in [1.29, 1.82) is 0 Å². The molecule has 0 spiro atoms. The molecule has 10 heteroatoms. The summed E-state index contributed by atoms with van der Waals surface area (Å²) in [7, 11) is -0.973. The van der Waals surface area contributed by atoms with Crippen molar-refractivity contribution in [2.24, 2.45) is 5.92 Å². The zero-order valence-electron chi connectivity index (χ0n) is 24.5. The van der Waals surface area contributed by atoms with Crippen molar-refractivity contribution in [1.82, 2.24) is 15.2 Å². The number of aryl methyl sites for hydroxylation is 1. The number of benzene rings is 1. The van der Waals surface area contributed by atoms with Crippen molar-refractivity contribution in [3.8, 4) is 11.5 Å². The summed E-state index contributed by atoms with van der Waals surface area (Å²) in [6.45, 7) is 13.4. The van der Waals surface area contributed by atoms with E-state index < -0.39 is 13.9 Å². The molecule has 2 aromatic rings. The molecule has 0 unspecified atom stereocenters. The quantitative estimate of drug-likeness (QED) is 0.295. The molecule has 1 aromatic carbocycles. The average Bonchev–Trinajstić information content (AvgIpc) is 3.29. The van der Waals surface area contributed by atoms with Crippen LogP contribution >= 0.6 is 23.4 Å². The molecule has 1 atom stereocenters. The number of hydrogen-bond donors (Lipinski definition) is 2. The summed E-state index contributed by atoms with van der Waals surface area (Å²) in [5, 5.41) is 3.27. The normalized spacial score (nSPS) is 26.1. The smallest absolute Gasteiger partial charge is 0.254 e. The highest BCUT2D eigenvalue weighted by Crippen LogP contribution is 2.52. The van der Waals surface area contributed by atoms with Crippen LogP contribution < -0.4 is 20.3 Å². The third-order valence-electron chi connectivity index (χ3n) is 9.27. The maximum atomic E-state index is 13.3. The zero-order valence-corrected chi connectivity index (χ0v) is 27.1. The van der Waals surface area contributed by atoms with E-state index in [9.17, 15) is 9.59 Å². The van der Waals surface area contributed by atoms with Gasteiger partial charge in [0.1, 0.15) is 0 Å². The van der Waals surface area contributed by atoms with Crippen molar-refractivity contribution in [3.05, 3.63) is 49.9 Å². The van der Waals surface area contributed by atoms with Gasteiger partial charge in [-0.05, 0) is 83.1 Å². The fraction of sp³-hybridized carbons (Fsp3) is 0.600. The Hall–Kier alpha value is -1.94. The van der Waals surface area contributed by atoms with Crippen molar-refractivity contribution >= 4 is 37.3 Å². The molecule has 40 heavy (non-hydrogen) atoms. The maximum Gasteiger partial charge on any atom is 0.254 e. The van der Waals surface area contributed by atoms with E-state index in [2.05, 4.69) is 28.3 Å². The Balaban J connectivity index is 1.26. The minimum absolute atomic E-state index is 0.119. The van der Waals surface area contributed by atoms with Crippen molar-refractivity contribution < 1.29 is 14.3 Å². The minimum Gasteiger partial charge on any atom is -0.448 e. The Morgan fingerprint density at radius 2 is 1.80 bits per heavy atom. The van der Waals surface area contributed by atoms with Crippen LogP contribution in [-0.2, 0) is 6.54 Å². The summed E-state index contributed by atoms with van der Waals surface area (Å²) >= 11 is 8.15. The Bertz CT molecular complexity index is 1350. The van der Waals surface area contributed by atoms with E-state index >= 15 is 0 Å². The first-order chi connectivity index (χ1) is 18.9. The fourth-order valence-electron chi connectivity index (χ4n) is 6.51. The number of aromatic nitrogens is 1. The molecular formula is C30H42ClN3O4SSi. The van der Waals surface area contributed by atoms with E-state index in [0.29, 0.717) is 39.3 Å². The number of amides is 1. The molecule has 0 radical (unpaired) electrons. The zero-order chi connectivity index (χ0) is 28.8. The molecule has 2 aliphatic heterocycles. The number of ether oxygens (including phenoxy) is 2. The second kappa shape index (κ2) is 11.4. The number of hydrogen-bond acceptors (Lipinski definition) is 6. The lowest BCUT2D eigenvalue weighted by molar-refractivity contribution is -0.124. The number of halogens is 1. The van der Waals surface area contributed by atoms with E-state index in [1.807, 2.05) is 33.1 Å². The molecule has 1 amide bonds. The van der Waals surface area contributed by atoms with Gasteiger partial charge >= 0.3 is 0 Å². The molecule has 7 nitrogen and oxygen atoms in total. The molecule has 1 aromatic heterocycles. The molecule has 3 aliphatic rings. The van der Waals surface area contributed by atoms with Gasteiger partial charge in [-0.1, -0.05) is 24.7 Å². The van der Waals surface area contributed by atoms with Crippen molar-refractivity contribution in [3.63, 3.8) is 0 Å². The largest absolute Gasteiger partial charge is 0.448 e. The van der Waals surface area contributed by atoms with Gasteiger partial charge in [0.2, 0.25) is 0 Å². The van der Waals surface area contributed by atoms with Gasteiger partial charge in [-0.25, -0.2) is 0 Å². The average molecular weight is 604 g/mol. The minimum atomic E-state index is -0.973. The lowest BCUT2D eigenvalue weighted by Gasteiger charge is -2.44. The Morgan fingerprint density at radius 3 is 2.45 bits per heavy atom. The highest BCUT2D eigenvalue weighted by Gasteiger charge is 2.48. The fourth-order valence-corrected chi connectivity index (χ4v) is 9.48. The first kappa shape index (κ1) is 29.5. The van der Waals surface area contributed by atoms with Gasteiger partial charge in [0.25, 0.3) is 17.3 Å². The number of nitrogens with zero attached hydrogens (tertiary/aromatic N) is 1. The van der Waals surface area contributed by atoms with E-state index in [1.54, 1.807) is 6.07 Å². The highest BCUT2D eigenvalue weighted by atomic mass is 35.5. The van der Waals surface area contributed by atoms with Crippen LogP contribution in [0.4, 0.5) is 0 Å². The van der Waals surface area contributed by atoms with Crippen LogP contribution in [0.1, 0.15) is 59.8 Å². The van der Waals surface area contributed by atoms with Crippen LogP contribution in [0.5, 0.6) is 11.5 Å². The summed E-state index contributed by atoms with van der Waals surface area (Å²) in [5.74, 6) is 0.194. The lowest BCUT2D eigenvalue weighted by Crippen LogP contribution is -2.50. The molecule has 5 rings (SSSR count). The maximum absolute atomic E-state index is 13.3. The molecular weight excluding hydrogens is 562 g/mol. The summed E-state index contributed by atoms with van der Waals surface area (Å²) in [5.41, 5.74) is 2.25. The summed E-state index contributed by atoms with van der Waals surface area (Å²) < 4.78 is 13.0. The summed E-state index contributed by atoms with van der Waals surface area (Å²) in [6.07, 6.45) is 6.31. The standard InChI is InChI=1S/C30H42ClN3O4SSi/c1-18-15-25(39-4)23(29(36)33-18)17-32-28(35)22-16-24(31)27-26(19(22)2)37-30(3,38-27)20-7-9-21(10-8-20)34-11-13-40(5,6)14-12-34/h15-16,20-21H,7-14,17H2,1-6H3,(H,32,35)(H,33,36)/t20-,21-,30-/m1/s1. The third-order valence-corrected chi connectivity index (χ3v) is 13.5. The van der Waals surface area contributed by atoms with Gasteiger partial charge in [-0.3, -0.25) is 9.59 Å². The van der Waals surface area contributed by atoms with Crippen LogP contribution in [0.3, 0.4) is 0 Å². The van der Waals surface area contributed by atoms with Gasteiger partial charge in [0, 0.05) is 60.8 Å². The van der Waals surface area contributed by atoms with Gasteiger partial charge < -0.3 is 24.7 Å². The second-order valence-electron chi connectivity index (χ2n) is 12.6. The van der Waals surface area contributed by atoms with Crippen LogP contribution in [-0.4, -0.2) is 55.0 Å². The number of H-pyrrole nitrogens is 1. The lowest BCUT2D eigenvalue weighted by atomic mass is 9.80. The second-order valence-corrected chi connectivity index (χ2v) is 19.2. The van der Waals surface area contributed by atoms with Gasteiger partial charge in [0.05, 0.1) is 5.02 Å². The van der Waals surface area contributed by atoms with Crippen LogP contribution in [0, 0.1) is 19.8 Å². The first-order valence-electron chi connectivity index (χ1n) is 14.4. The number of pyridine rings is 1. The molecule has 1 saturated carbocycles. The summed E-state index contributed by atoms with van der Waals surface area (Å²) in [4.78, 5) is 32.2. The van der Waals surface area contributed by atoms with Gasteiger partial charge in [-0.15, -0.1) is 11.8 Å². The van der Waals surface area contributed by atoms with Crippen LogP contribution in [0.15, 0.2) is 21.8 Å². The van der Waals surface area contributed by atoms with E-state index in [4.69, 9.17) is 21.1 Å². The number of fused-ring (bicyclic) bond motifs is 1. The molecule has 1 saturated heterocycles. The summed E-state index contributed by atoms with van der Waals surface area (Å²) in [6, 6.07) is 7.02. The number of nitrogens with one attached hydrogen (secondary N) is 2. The molecule has 0 bridgehead atoms. The predicted molar refractivity (Wildman–Crippen MR) is 165 cm³/mol. The Labute approximate surface area is 247 Å². The van der Waals surface area contributed by atoms with Crippen LogP contribution in [0.25, 0.3) is 0 Å². The molecule has 3 heterocycles. The van der Waals surface area contributed by atoms with Gasteiger partial charge in [0.15, 0.2) is 11.5 Å². The van der Waals surface area contributed by atoms with Crippen molar-refractivity contribution in [2.75, 3.05) is 19.3 Å². The van der Waals surface area contributed by atoms with E-state index in [-0.39, 0.29) is 23.9 Å². The number of carbonyl (C=O) groups is 1. The number of thioether (sulfide) groups is 1. The SMILES string of the molecule is CSc1cc(C)[nH]c(=O)c1CNC(=O)c1cc(Cl)c2c(c1C)O[C@@](C)([C@H]1CC[C@H](N3CC[Si](C)(C)CC3)CC1)O2. The number of rotatable bonds is 6. The van der Waals surface area contributed by atoms with E-state index in [0.717, 1.165) is 36.3 Å². The highest BCUT2D eigenvalue weighted by molar-refractivity contribution is 7.98. The Kier molecular flexibility index (Phi) is 8.41. The number of aromatic amines is 1. The van der Waals surface area contributed by atoms with Gasteiger partial charge in [-0.2, -0.15) is 0 Å². The predicted octanol–water partition coefficient (Wildman–Crippen LogP) is 6.37. The first-order valence-corrected chi connectivity index (χ1v) is 19.4. The molecule has 2 N–H and O–H groups in total. The number of carbonyl (C=O) groups excluding carboxylic acids is 1.